The van der Waals surface area contributed by atoms with Crippen LogP contribution in [0.3, 0.4) is 0 Å². The van der Waals surface area contributed by atoms with E-state index in [0.29, 0.717) is 34.8 Å². The number of ether oxygens (including phenoxy) is 2. The highest BCUT2D eigenvalue weighted by Gasteiger charge is 2.37. The number of hydrogen-bond acceptors (Lipinski definition) is 5. The first-order valence-corrected chi connectivity index (χ1v) is 9.56. The number of imidazole rings is 1. The van der Waals surface area contributed by atoms with Crippen LogP contribution in [0.15, 0.2) is 23.1 Å². The molecule has 1 aliphatic rings. The van der Waals surface area contributed by atoms with Crippen LogP contribution < -0.4 is 15.0 Å². The average Bonchev–Trinajstić information content (AvgIpc) is 3.04. The zero-order valence-corrected chi connectivity index (χ0v) is 17.3. The van der Waals surface area contributed by atoms with Crippen LogP contribution in [-0.2, 0) is 6.42 Å². The first-order chi connectivity index (χ1) is 14.5. The van der Waals surface area contributed by atoms with Crippen LogP contribution in [0.25, 0.3) is 17.0 Å². The van der Waals surface area contributed by atoms with Crippen molar-refractivity contribution in [3.05, 3.63) is 45.5 Å². The highest BCUT2D eigenvalue weighted by Crippen LogP contribution is 2.47. The molecule has 1 atom stereocenters. The van der Waals surface area contributed by atoms with Crippen molar-refractivity contribution >= 4 is 11.6 Å². The van der Waals surface area contributed by atoms with E-state index in [1.54, 1.807) is 10.6 Å². The topological polar surface area (TPSA) is 106 Å². The summed E-state index contributed by atoms with van der Waals surface area (Å²) < 4.78 is 37.5. The van der Waals surface area contributed by atoms with E-state index < -0.39 is 18.1 Å². The summed E-state index contributed by atoms with van der Waals surface area (Å²) in [5, 5.41) is 9.40. The zero-order chi connectivity index (χ0) is 22.7. The van der Waals surface area contributed by atoms with Gasteiger partial charge < -0.3 is 19.6 Å². The highest BCUT2D eigenvalue weighted by atomic mass is 19.3. The molecule has 3 heterocycles. The lowest BCUT2D eigenvalue weighted by Gasteiger charge is -2.35. The maximum atomic E-state index is 13.0. The normalized spacial score (nSPS) is 15.6. The second-order valence-electron chi connectivity index (χ2n) is 8.49. The third kappa shape index (κ3) is 3.41. The molecule has 2 N–H and O–H groups in total. The van der Waals surface area contributed by atoms with Crippen molar-refractivity contribution in [2.75, 3.05) is 7.11 Å². The summed E-state index contributed by atoms with van der Waals surface area (Å²) in [6.07, 6.45) is 2.06. The Kier molecular flexibility index (Phi) is 4.75. The van der Waals surface area contributed by atoms with Gasteiger partial charge in [-0.2, -0.15) is 8.78 Å². The number of nitrogens with zero attached hydrogens (tertiary/aromatic N) is 2. The molecule has 0 bridgehead atoms. The van der Waals surface area contributed by atoms with Crippen LogP contribution in [0.4, 0.5) is 8.78 Å². The lowest BCUT2D eigenvalue weighted by atomic mass is 9.70. The fraction of sp³-hybridized carbons (Fsp3) is 0.381. The van der Waals surface area contributed by atoms with Crippen molar-refractivity contribution in [2.24, 2.45) is 5.41 Å². The Morgan fingerprint density at radius 3 is 2.65 bits per heavy atom. The first kappa shape index (κ1) is 20.8. The van der Waals surface area contributed by atoms with Gasteiger partial charge in [-0.15, -0.1) is 0 Å². The molecule has 1 aliphatic carbocycles. The van der Waals surface area contributed by atoms with Crippen molar-refractivity contribution in [3.63, 3.8) is 0 Å². The van der Waals surface area contributed by atoms with Gasteiger partial charge in [0, 0.05) is 6.07 Å². The van der Waals surface area contributed by atoms with Gasteiger partial charge in [0.05, 0.1) is 24.7 Å². The number of hydrogen-bond donors (Lipinski definition) is 2. The van der Waals surface area contributed by atoms with Crippen molar-refractivity contribution in [2.45, 2.75) is 39.7 Å². The second-order valence-corrected chi connectivity index (χ2v) is 8.49. The smallest absolute Gasteiger partial charge is 0.387 e. The molecule has 0 aliphatic heterocycles. The predicted octanol–water partition coefficient (Wildman–Crippen LogP) is 3.68. The number of pyridine rings is 2. The van der Waals surface area contributed by atoms with Gasteiger partial charge >= 0.3 is 12.6 Å². The van der Waals surface area contributed by atoms with Crippen LogP contribution in [0.2, 0.25) is 0 Å². The number of aromatic amines is 1. The van der Waals surface area contributed by atoms with Crippen molar-refractivity contribution < 1.29 is 28.2 Å². The van der Waals surface area contributed by atoms with Gasteiger partial charge in [-0.1, -0.05) is 20.8 Å². The van der Waals surface area contributed by atoms with Crippen molar-refractivity contribution in [1.82, 2.24) is 14.4 Å². The minimum Gasteiger partial charge on any atom is -0.495 e. The maximum absolute atomic E-state index is 13.0. The lowest BCUT2D eigenvalue weighted by Crippen LogP contribution is -2.29. The molecule has 4 rings (SSSR count). The maximum Gasteiger partial charge on any atom is 0.387 e. The third-order valence-corrected chi connectivity index (χ3v) is 5.57. The Morgan fingerprint density at radius 1 is 1.35 bits per heavy atom. The van der Waals surface area contributed by atoms with Gasteiger partial charge in [-0.3, -0.25) is 9.20 Å². The van der Waals surface area contributed by atoms with Gasteiger partial charge in [-0.05, 0) is 29.4 Å². The third-order valence-electron chi connectivity index (χ3n) is 5.57. The van der Waals surface area contributed by atoms with E-state index in [-0.39, 0.29) is 28.3 Å². The Morgan fingerprint density at radius 2 is 2.06 bits per heavy atom. The summed E-state index contributed by atoms with van der Waals surface area (Å²) in [6.45, 7) is 2.96. The fourth-order valence-electron chi connectivity index (χ4n) is 4.08. The van der Waals surface area contributed by atoms with Crippen LogP contribution in [0.5, 0.6) is 11.5 Å². The van der Waals surface area contributed by atoms with E-state index in [4.69, 9.17) is 4.74 Å². The molecule has 0 saturated carbocycles. The molecule has 0 radical (unpaired) electrons. The first-order valence-electron chi connectivity index (χ1n) is 9.56. The molecule has 0 saturated heterocycles. The predicted molar refractivity (Wildman–Crippen MR) is 107 cm³/mol. The lowest BCUT2D eigenvalue weighted by molar-refractivity contribution is -0.0492. The van der Waals surface area contributed by atoms with Crippen LogP contribution >= 0.6 is 0 Å². The summed E-state index contributed by atoms with van der Waals surface area (Å²) in [5.74, 6) is -1.36. The molecule has 31 heavy (non-hydrogen) atoms. The molecule has 8 nitrogen and oxygen atoms in total. The quantitative estimate of drug-likeness (QED) is 0.650. The highest BCUT2D eigenvalue weighted by molar-refractivity contribution is 5.88. The number of halogens is 2. The van der Waals surface area contributed by atoms with Gasteiger partial charge in [0.15, 0.2) is 11.4 Å². The summed E-state index contributed by atoms with van der Waals surface area (Å²) >= 11 is 0. The van der Waals surface area contributed by atoms with E-state index in [1.165, 1.54) is 19.2 Å². The van der Waals surface area contributed by atoms with E-state index in [1.807, 2.05) is 20.8 Å². The molecule has 0 amide bonds. The summed E-state index contributed by atoms with van der Waals surface area (Å²) in [7, 11) is 1.41. The summed E-state index contributed by atoms with van der Waals surface area (Å²) in [6, 6.07) is 2.70. The van der Waals surface area contributed by atoms with Crippen LogP contribution in [0, 0.1) is 5.41 Å². The number of carbonyl (C=O) groups is 1. The molecule has 0 fully saturated rings. The largest absolute Gasteiger partial charge is 0.495 e. The minimum atomic E-state index is -3.06. The summed E-state index contributed by atoms with van der Waals surface area (Å²) in [5.41, 5.74) is 0.816. The number of aromatic nitrogens is 3. The number of rotatable bonds is 4. The number of aromatic carboxylic acids is 1. The number of carboxylic acid groups (broad SMARTS) is 1. The molecular formula is C21H21F2N3O5. The van der Waals surface area contributed by atoms with E-state index >= 15 is 0 Å². The molecule has 164 valence electrons. The van der Waals surface area contributed by atoms with Gasteiger partial charge in [0.25, 0.3) is 5.56 Å². The molecule has 3 aromatic heterocycles. The standard InChI is InChI=1S/C21H21F2N3O5/c1-21(2,3)12-7-13-16(15-10(12)6-11(19(28)29)18(27)25-15)24-17-14(31-20(22)23)5-9(30-4)8-26(13)17/h5-6,8,12,20H,7H2,1-4H3,(H,25,27)(H,28,29). The number of fused-ring (bicyclic) bond motifs is 5. The van der Waals surface area contributed by atoms with Crippen LogP contribution in [0.1, 0.15) is 48.3 Å². The number of methoxy groups -OCH3 is 1. The van der Waals surface area contributed by atoms with E-state index in [9.17, 15) is 23.5 Å². The van der Waals surface area contributed by atoms with Gasteiger partial charge in [0.2, 0.25) is 0 Å². The monoisotopic (exact) mass is 433 g/mol. The fourth-order valence-corrected chi connectivity index (χ4v) is 4.08. The Hall–Kier alpha value is -3.43. The van der Waals surface area contributed by atoms with Crippen molar-refractivity contribution in [1.29, 1.82) is 0 Å². The number of H-pyrrole nitrogens is 1. The van der Waals surface area contributed by atoms with Gasteiger partial charge in [-0.25, -0.2) is 9.78 Å². The minimum absolute atomic E-state index is 0.148. The number of nitrogens with one attached hydrogen (secondary N) is 1. The Labute approximate surface area is 175 Å². The molecule has 10 heteroatoms. The second kappa shape index (κ2) is 7.07. The molecule has 0 spiro atoms. The number of carboxylic acids is 1. The molecule has 3 aromatic rings. The molecule has 1 unspecified atom stereocenters. The zero-order valence-electron chi connectivity index (χ0n) is 17.3. The van der Waals surface area contributed by atoms with E-state index in [2.05, 4.69) is 14.7 Å². The van der Waals surface area contributed by atoms with Crippen molar-refractivity contribution in [3.8, 4) is 22.9 Å². The van der Waals surface area contributed by atoms with Crippen LogP contribution in [-0.4, -0.2) is 39.2 Å². The SMILES string of the molecule is COc1cc(OC(F)F)c2nc3c(n2c1)CC(C(C)(C)C)c1cc(C(=O)O)c(=O)[nH]c1-3. The Balaban J connectivity index is 2.06. The summed E-state index contributed by atoms with van der Waals surface area (Å²) in [4.78, 5) is 31.1. The van der Waals surface area contributed by atoms with E-state index in [0.717, 1.165) is 0 Å². The Bertz CT molecular complexity index is 1260. The van der Waals surface area contributed by atoms with Gasteiger partial charge in [0.1, 0.15) is 17.0 Å². The number of alkyl halides is 2. The molecule has 0 aromatic carbocycles. The average molecular weight is 433 g/mol. The molecular weight excluding hydrogens is 412 g/mol.